The summed E-state index contributed by atoms with van der Waals surface area (Å²) in [5, 5.41) is 12.5. The van der Waals surface area contributed by atoms with Crippen molar-refractivity contribution in [2.24, 2.45) is 0 Å². The van der Waals surface area contributed by atoms with E-state index in [0.717, 1.165) is 5.56 Å². The van der Waals surface area contributed by atoms with Gasteiger partial charge in [0.05, 0.1) is 12.6 Å². The van der Waals surface area contributed by atoms with Crippen LogP contribution in [-0.2, 0) is 11.3 Å². The summed E-state index contributed by atoms with van der Waals surface area (Å²) in [6, 6.07) is 9.57. The standard InChI is InChI=1S/C14H20N2O3/c1-11-8-16(13(9-17)7-15-11)14(18)19-10-12-5-3-2-4-6-12/h2-6,11,13,15,17H,7-10H2,1H3/t11-,13-/m1/s1. The predicted octanol–water partition coefficient (Wildman–Crippen LogP) is 0.978. The van der Waals surface area contributed by atoms with Gasteiger partial charge in [-0.2, -0.15) is 0 Å². The lowest BCUT2D eigenvalue weighted by atomic mass is 10.1. The zero-order valence-electron chi connectivity index (χ0n) is 11.1. The maximum atomic E-state index is 12.1. The molecule has 0 radical (unpaired) electrons. The molecule has 0 bridgehead atoms. The van der Waals surface area contributed by atoms with E-state index in [1.54, 1.807) is 4.90 Å². The molecule has 0 aromatic heterocycles. The Morgan fingerprint density at radius 2 is 2.21 bits per heavy atom. The monoisotopic (exact) mass is 264 g/mol. The van der Waals surface area contributed by atoms with Crippen molar-refractivity contribution < 1.29 is 14.6 Å². The first-order chi connectivity index (χ1) is 9.20. The molecule has 1 saturated heterocycles. The summed E-state index contributed by atoms with van der Waals surface area (Å²) in [5.74, 6) is 0. The maximum Gasteiger partial charge on any atom is 0.410 e. The summed E-state index contributed by atoms with van der Waals surface area (Å²) in [6.45, 7) is 3.36. The van der Waals surface area contributed by atoms with E-state index in [0.29, 0.717) is 13.1 Å². The Morgan fingerprint density at radius 3 is 2.89 bits per heavy atom. The second-order valence-corrected chi connectivity index (χ2v) is 4.84. The lowest BCUT2D eigenvalue weighted by molar-refractivity contribution is 0.0469. The number of aliphatic hydroxyl groups excluding tert-OH is 1. The SMILES string of the molecule is C[C@@H]1CN(C(=O)OCc2ccccc2)[C@@H](CO)CN1. The van der Waals surface area contributed by atoms with Crippen LogP contribution >= 0.6 is 0 Å². The van der Waals surface area contributed by atoms with Gasteiger partial charge in [0.25, 0.3) is 0 Å². The third kappa shape index (κ3) is 3.68. The highest BCUT2D eigenvalue weighted by Crippen LogP contribution is 2.10. The number of aliphatic hydroxyl groups is 1. The van der Waals surface area contributed by atoms with Crippen LogP contribution in [0.25, 0.3) is 0 Å². The molecule has 1 fully saturated rings. The Morgan fingerprint density at radius 1 is 1.47 bits per heavy atom. The fraction of sp³-hybridized carbons (Fsp3) is 0.500. The predicted molar refractivity (Wildman–Crippen MR) is 71.7 cm³/mol. The van der Waals surface area contributed by atoms with Crippen LogP contribution in [0, 0.1) is 0 Å². The Labute approximate surface area is 113 Å². The van der Waals surface area contributed by atoms with Gasteiger partial charge in [-0.25, -0.2) is 4.79 Å². The Kier molecular flexibility index (Phi) is 4.76. The number of piperazine rings is 1. The van der Waals surface area contributed by atoms with E-state index in [-0.39, 0.29) is 31.4 Å². The quantitative estimate of drug-likeness (QED) is 0.854. The molecule has 2 N–H and O–H groups in total. The second kappa shape index (κ2) is 6.54. The minimum Gasteiger partial charge on any atom is -0.445 e. The first-order valence-corrected chi connectivity index (χ1v) is 6.52. The molecule has 1 aromatic carbocycles. The molecule has 1 heterocycles. The highest BCUT2D eigenvalue weighted by Gasteiger charge is 2.30. The van der Waals surface area contributed by atoms with Gasteiger partial charge < -0.3 is 20.1 Å². The van der Waals surface area contributed by atoms with Crippen molar-refractivity contribution in [3.8, 4) is 0 Å². The van der Waals surface area contributed by atoms with E-state index in [9.17, 15) is 9.90 Å². The number of hydrogen-bond acceptors (Lipinski definition) is 4. The summed E-state index contributed by atoms with van der Waals surface area (Å²) in [6.07, 6.45) is -0.365. The number of ether oxygens (including phenoxy) is 1. The van der Waals surface area contributed by atoms with Gasteiger partial charge in [-0.05, 0) is 12.5 Å². The van der Waals surface area contributed by atoms with Crippen molar-refractivity contribution >= 4 is 6.09 Å². The summed E-state index contributed by atoms with van der Waals surface area (Å²) in [7, 11) is 0. The number of nitrogens with zero attached hydrogens (tertiary/aromatic N) is 1. The van der Waals surface area contributed by atoms with Crippen LogP contribution in [0.3, 0.4) is 0 Å². The van der Waals surface area contributed by atoms with Crippen molar-refractivity contribution in [1.29, 1.82) is 0 Å². The molecule has 1 aliphatic rings. The van der Waals surface area contributed by atoms with E-state index in [1.165, 1.54) is 0 Å². The molecule has 19 heavy (non-hydrogen) atoms. The molecule has 5 nitrogen and oxygen atoms in total. The summed E-state index contributed by atoms with van der Waals surface area (Å²) in [4.78, 5) is 13.7. The number of carbonyl (C=O) groups is 1. The van der Waals surface area contributed by atoms with Gasteiger partial charge in [0.2, 0.25) is 0 Å². The Bertz CT molecular complexity index is 410. The molecule has 2 rings (SSSR count). The zero-order valence-corrected chi connectivity index (χ0v) is 11.1. The van der Waals surface area contributed by atoms with Crippen molar-refractivity contribution in [3.05, 3.63) is 35.9 Å². The molecular formula is C14H20N2O3. The average Bonchev–Trinajstić information content (AvgIpc) is 2.46. The van der Waals surface area contributed by atoms with Gasteiger partial charge in [-0.1, -0.05) is 30.3 Å². The molecule has 1 amide bonds. The number of rotatable bonds is 3. The molecular weight excluding hydrogens is 244 g/mol. The van der Waals surface area contributed by atoms with Crippen molar-refractivity contribution in [2.45, 2.75) is 25.6 Å². The summed E-state index contributed by atoms with van der Waals surface area (Å²) >= 11 is 0. The van der Waals surface area contributed by atoms with Gasteiger partial charge in [0.1, 0.15) is 6.61 Å². The van der Waals surface area contributed by atoms with Crippen LogP contribution in [0.15, 0.2) is 30.3 Å². The first kappa shape index (κ1) is 13.8. The fourth-order valence-electron chi connectivity index (χ4n) is 2.15. The van der Waals surface area contributed by atoms with Crippen molar-refractivity contribution in [2.75, 3.05) is 19.7 Å². The minimum atomic E-state index is -0.365. The topological polar surface area (TPSA) is 61.8 Å². The third-order valence-corrected chi connectivity index (χ3v) is 3.26. The van der Waals surface area contributed by atoms with E-state index < -0.39 is 0 Å². The smallest absolute Gasteiger partial charge is 0.410 e. The number of nitrogens with one attached hydrogen (secondary N) is 1. The number of carbonyl (C=O) groups excluding carboxylic acids is 1. The van der Waals surface area contributed by atoms with E-state index in [2.05, 4.69) is 5.32 Å². The van der Waals surface area contributed by atoms with Gasteiger partial charge in [-0.15, -0.1) is 0 Å². The van der Waals surface area contributed by atoms with Gasteiger partial charge >= 0.3 is 6.09 Å². The Balaban J connectivity index is 1.90. The number of benzene rings is 1. The van der Waals surface area contributed by atoms with Crippen LogP contribution in [0.1, 0.15) is 12.5 Å². The fourth-order valence-corrected chi connectivity index (χ4v) is 2.15. The van der Waals surface area contributed by atoms with Crippen molar-refractivity contribution in [1.82, 2.24) is 10.2 Å². The van der Waals surface area contributed by atoms with E-state index in [1.807, 2.05) is 37.3 Å². The average molecular weight is 264 g/mol. The molecule has 2 atom stereocenters. The molecule has 0 saturated carbocycles. The molecule has 0 unspecified atom stereocenters. The lowest BCUT2D eigenvalue weighted by Gasteiger charge is -2.37. The van der Waals surface area contributed by atoms with Crippen LogP contribution in [-0.4, -0.2) is 47.9 Å². The zero-order chi connectivity index (χ0) is 13.7. The normalized spacial score (nSPS) is 23.2. The Hall–Kier alpha value is -1.59. The summed E-state index contributed by atoms with van der Waals surface area (Å²) in [5.41, 5.74) is 0.958. The molecule has 1 aliphatic heterocycles. The first-order valence-electron chi connectivity index (χ1n) is 6.52. The van der Waals surface area contributed by atoms with Gasteiger partial charge in [0, 0.05) is 19.1 Å². The van der Waals surface area contributed by atoms with E-state index in [4.69, 9.17) is 4.74 Å². The molecule has 5 heteroatoms. The summed E-state index contributed by atoms with van der Waals surface area (Å²) < 4.78 is 5.30. The second-order valence-electron chi connectivity index (χ2n) is 4.84. The maximum absolute atomic E-state index is 12.1. The van der Waals surface area contributed by atoms with Crippen LogP contribution in [0.2, 0.25) is 0 Å². The number of amides is 1. The largest absolute Gasteiger partial charge is 0.445 e. The molecule has 0 aliphatic carbocycles. The van der Waals surface area contributed by atoms with Crippen LogP contribution in [0.4, 0.5) is 4.79 Å². The van der Waals surface area contributed by atoms with Crippen LogP contribution in [0.5, 0.6) is 0 Å². The van der Waals surface area contributed by atoms with E-state index >= 15 is 0 Å². The van der Waals surface area contributed by atoms with Crippen LogP contribution < -0.4 is 5.32 Å². The lowest BCUT2D eigenvalue weighted by Crippen LogP contribution is -2.58. The van der Waals surface area contributed by atoms with Gasteiger partial charge in [0.15, 0.2) is 0 Å². The minimum absolute atomic E-state index is 0.0554. The highest BCUT2D eigenvalue weighted by atomic mass is 16.6. The third-order valence-electron chi connectivity index (χ3n) is 3.26. The highest BCUT2D eigenvalue weighted by molar-refractivity contribution is 5.68. The molecule has 1 aromatic rings. The number of hydrogen-bond donors (Lipinski definition) is 2. The van der Waals surface area contributed by atoms with Gasteiger partial charge in [-0.3, -0.25) is 0 Å². The molecule has 104 valence electrons. The van der Waals surface area contributed by atoms with Crippen molar-refractivity contribution in [3.63, 3.8) is 0 Å². The molecule has 0 spiro atoms.